The minimum Gasteiger partial charge on any atom is -0.397 e. The summed E-state index contributed by atoms with van der Waals surface area (Å²) in [5.41, 5.74) is 25.9. The number of hydrogen-bond donors (Lipinski definition) is 12. The molecular formula is C43H52N18O24P4. The molecule has 0 aliphatic carbocycles. The zero-order valence-corrected chi connectivity index (χ0v) is 48.6. The fraction of sp³-hybridized carbons (Fsp3) is 0.488. The number of nitrogens with zero attached hydrogens (tertiary/aromatic N) is 14. The number of phosphoric ester groups is 2. The number of aliphatic hydroxyl groups excluding tert-OH is 4. The van der Waals surface area contributed by atoms with Crippen molar-refractivity contribution in [1.82, 2.24) is 68.1 Å². The normalized spacial score (nSPS) is 38.1. The molecule has 0 saturated carbocycles. The molecule has 20 atom stereocenters. The number of aromatic nitrogens is 14. The van der Waals surface area contributed by atoms with Gasteiger partial charge in [0.1, 0.15) is 108 Å². The molecular weight excluding hydrogens is 1280 g/mol. The molecule has 8 unspecified atom stereocenters. The summed E-state index contributed by atoms with van der Waals surface area (Å²) in [6.45, 7) is -2.00. The second-order valence-corrected chi connectivity index (χ2v) is 26.8. The molecule has 14 rings (SSSR count). The largest absolute Gasteiger partial charge is 0.472 e. The van der Waals surface area contributed by atoms with Crippen LogP contribution in [0.15, 0.2) is 62.5 Å². The Bertz CT molecular complexity index is 4060. The number of hydrogen-bond acceptors (Lipinski definition) is 34. The van der Waals surface area contributed by atoms with E-state index in [1.807, 2.05) is 0 Å². The quantitative estimate of drug-likeness (QED) is 0.0847. The van der Waals surface area contributed by atoms with Gasteiger partial charge in [-0.2, -0.15) is 0 Å². The van der Waals surface area contributed by atoms with Gasteiger partial charge in [-0.25, -0.2) is 59.0 Å². The minimum absolute atomic E-state index is 0.0281. The van der Waals surface area contributed by atoms with Crippen LogP contribution in [-0.4, -0.2) is 214 Å². The van der Waals surface area contributed by atoms with Crippen molar-refractivity contribution in [2.24, 2.45) is 0 Å². The van der Waals surface area contributed by atoms with Crippen LogP contribution in [0.5, 0.6) is 0 Å². The lowest BCUT2D eigenvalue weighted by Crippen LogP contribution is -2.37. The number of rotatable bonds is 4. The third-order valence-corrected chi connectivity index (χ3v) is 18.9. The first kappa shape index (κ1) is 61.5. The van der Waals surface area contributed by atoms with Gasteiger partial charge < -0.3 is 91.4 Å². The van der Waals surface area contributed by atoms with Gasteiger partial charge in [-0.3, -0.25) is 54.5 Å². The van der Waals surface area contributed by atoms with Gasteiger partial charge >= 0.3 is 30.8 Å². The molecule has 0 amide bonds. The highest BCUT2D eigenvalue weighted by Crippen LogP contribution is 2.56. The number of pyridine rings is 2. The number of fused-ring (bicyclic) bond motifs is 12. The maximum absolute atomic E-state index is 13.2. The van der Waals surface area contributed by atoms with Gasteiger partial charge in [0.2, 0.25) is 0 Å². The van der Waals surface area contributed by atoms with E-state index in [2.05, 4.69) is 49.8 Å². The topological polar surface area (TPSA) is 594 Å². The number of ether oxygens (including phenoxy) is 6. The Balaban J connectivity index is 0.000000164. The highest BCUT2D eigenvalue weighted by molar-refractivity contribution is 7.52. The molecule has 0 radical (unpaired) electrons. The molecule has 0 spiro atoms. The average Bonchev–Trinajstić information content (AvgIpc) is 1.68. The van der Waals surface area contributed by atoms with Crippen LogP contribution in [0.25, 0.3) is 44.7 Å². The Labute approximate surface area is 495 Å². The standard InChI is InChI=1S/C22H27N9O12P2.C21H25N9O12P2/c23-9-1-2-25-19-12(9)28-6-30(19)21-16-15(33)11(41-21)4-39-45(36,37)43-17-14(32)10(3-38-8-44(34,35)42-16)40-22(17)31-7-29-13-18(24)26-5-27-20(13)31;22-8-1-2-24-17-10(8)27-5-29(17)19-14-12(31)9(39-19)3-38-44(35,36)42-15-13(32)21(37-7-43(33,34)41-14)40-20(15)30-6-28-11-16(23)25-4-26-18(11)30/h1-2,5-7,10-11,14-17,21-22,32-33H,3-4,8H2,(H2,23,25)(H,34,35)(H,36,37)(H2,24,26,27);1-2,4-6,9,12-15,19-21,31-32H,3,7H2,(H2,22,24)(H,33,34)(H,35,36)(H2,23,25,26)/t10-,11-,14?,15?,16+,17-,21-,22-;9-,12?,13?,14+,15+,19-,20-,21+/m11/s1. The number of phosphoric acid groups is 2. The maximum atomic E-state index is 13.2. The van der Waals surface area contributed by atoms with E-state index in [9.17, 15) is 58.3 Å². The lowest BCUT2D eigenvalue weighted by Gasteiger charge is -2.26. The van der Waals surface area contributed by atoms with E-state index in [0.29, 0.717) is 11.2 Å². The molecule has 6 fully saturated rings. The molecule has 46 heteroatoms. The monoisotopic (exact) mass is 1330 g/mol. The number of nitrogens with two attached hydrogens (primary N) is 4. The third-order valence-electron chi connectivity index (χ3n) is 14.8. The summed E-state index contributed by atoms with van der Waals surface area (Å²) in [7, 11) is -19.4. The van der Waals surface area contributed by atoms with Crippen LogP contribution in [0.4, 0.5) is 23.0 Å². The zero-order chi connectivity index (χ0) is 62.6. The van der Waals surface area contributed by atoms with Crippen LogP contribution >= 0.6 is 30.8 Å². The summed E-state index contributed by atoms with van der Waals surface area (Å²) in [6, 6.07) is 3.04. The van der Waals surface area contributed by atoms with Crippen molar-refractivity contribution in [1.29, 1.82) is 0 Å². The molecule has 6 aliphatic rings. The molecule has 8 aromatic heterocycles. The Morgan fingerprint density at radius 3 is 1.26 bits per heavy atom. The van der Waals surface area contributed by atoms with E-state index in [4.69, 9.17) is 78.5 Å². The molecule has 478 valence electrons. The molecule has 14 heterocycles. The van der Waals surface area contributed by atoms with Crippen molar-refractivity contribution in [3.63, 3.8) is 0 Å². The summed E-state index contributed by atoms with van der Waals surface area (Å²) >= 11 is 0. The average molecular weight is 1330 g/mol. The molecule has 6 saturated heterocycles. The third kappa shape index (κ3) is 11.7. The van der Waals surface area contributed by atoms with Gasteiger partial charge in [-0.15, -0.1) is 0 Å². The molecule has 42 nitrogen and oxygen atoms in total. The summed E-state index contributed by atoms with van der Waals surface area (Å²) in [6.07, 6.45) is -15.9. The lowest BCUT2D eigenvalue weighted by molar-refractivity contribution is -0.168. The Morgan fingerprint density at radius 2 is 0.809 bits per heavy atom. The highest BCUT2D eigenvalue weighted by atomic mass is 31.2. The van der Waals surface area contributed by atoms with Crippen molar-refractivity contribution < 1.29 is 114 Å². The van der Waals surface area contributed by atoms with Gasteiger partial charge in [0.05, 0.1) is 56.5 Å². The Hall–Kier alpha value is -6.34. The Morgan fingerprint density at radius 1 is 0.438 bits per heavy atom. The summed E-state index contributed by atoms with van der Waals surface area (Å²) in [5, 5.41) is 44.3. The van der Waals surface area contributed by atoms with E-state index < -0.39 is 162 Å². The van der Waals surface area contributed by atoms with Crippen molar-refractivity contribution in [2.75, 3.05) is 55.5 Å². The van der Waals surface area contributed by atoms with Gasteiger partial charge in [-0.1, -0.05) is 0 Å². The van der Waals surface area contributed by atoms with Crippen molar-refractivity contribution in [2.45, 2.75) is 98.3 Å². The molecule has 0 aromatic carbocycles. The van der Waals surface area contributed by atoms with E-state index in [-0.39, 0.29) is 56.5 Å². The lowest BCUT2D eigenvalue weighted by atomic mass is 10.1. The second-order valence-electron chi connectivity index (χ2n) is 20.5. The molecule has 6 aliphatic heterocycles. The predicted molar refractivity (Wildman–Crippen MR) is 290 cm³/mol. The van der Waals surface area contributed by atoms with Crippen molar-refractivity contribution in [3.05, 3.63) is 62.5 Å². The summed E-state index contributed by atoms with van der Waals surface area (Å²) < 4.78 is 124. The zero-order valence-electron chi connectivity index (χ0n) is 45.0. The van der Waals surface area contributed by atoms with Crippen LogP contribution in [-0.2, 0) is 73.8 Å². The first-order chi connectivity index (χ1) is 42.3. The second kappa shape index (κ2) is 23.4. The van der Waals surface area contributed by atoms with Gasteiger partial charge in [0, 0.05) is 12.4 Å². The van der Waals surface area contributed by atoms with E-state index in [1.165, 1.54) is 74.4 Å². The van der Waals surface area contributed by atoms with Gasteiger partial charge in [0.15, 0.2) is 71.8 Å². The summed E-state index contributed by atoms with van der Waals surface area (Å²) in [5.74, 6) is 0.0778. The maximum Gasteiger partial charge on any atom is 0.472 e. The van der Waals surface area contributed by atoms with Crippen LogP contribution in [0.2, 0.25) is 0 Å². The first-order valence-corrected chi connectivity index (χ1v) is 32.7. The van der Waals surface area contributed by atoms with Crippen LogP contribution in [0.3, 0.4) is 0 Å². The van der Waals surface area contributed by atoms with Gasteiger partial charge in [0.25, 0.3) is 0 Å². The molecule has 8 aromatic rings. The highest BCUT2D eigenvalue weighted by Gasteiger charge is 2.56. The van der Waals surface area contributed by atoms with E-state index in [1.54, 1.807) is 0 Å². The SMILES string of the molecule is Nc1ncnc2c1ncn2[C@@H]1O[C@@H]2COCP(=O)(O)O[C@H]3C(O)[C@@H](COP(=O)(O)O[C@@H]1C2O)O[C@H]3n1cnc2c(N)ccnc21.Nc1ncnc2c1ncn2[C@@H]1O[C@@H]2OCP(=O)(O)O[C@H]3C(O)[C@@H](COP(=O)(O)O[C@H]1C2O)O[C@H]3n1cnc2c(N)ccnc21. The number of anilines is 4. The predicted octanol–water partition coefficient (Wildman–Crippen LogP) is -2.02. The number of aliphatic hydroxyl groups is 4. The van der Waals surface area contributed by atoms with Crippen LogP contribution in [0.1, 0.15) is 24.9 Å². The van der Waals surface area contributed by atoms with Gasteiger partial charge in [-0.05, 0) is 12.1 Å². The van der Waals surface area contributed by atoms with E-state index in [0.717, 1.165) is 6.33 Å². The first-order valence-electron chi connectivity index (χ1n) is 26.2. The Kier molecular flexibility index (Phi) is 16.2. The fourth-order valence-electron chi connectivity index (χ4n) is 10.7. The fourth-order valence-corrected chi connectivity index (χ4v) is 14.5. The molecule has 16 N–H and O–H groups in total. The van der Waals surface area contributed by atoms with Crippen molar-refractivity contribution in [3.8, 4) is 0 Å². The van der Waals surface area contributed by atoms with E-state index >= 15 is 0 Å². The smallest absolute Gasteiger partial charge is 0.397 e. The molecule has 89 heavy (non-hydrogen) atoms. The van der Waals surface area contributed by atoms with Crippen LogP contribution < -0.4 is 22.9 Å². The summed E-state index contributed by atoms with van der Waals surface area (Å²) in [4.78, 5) is 83.9. The minimum atomic E-state index is -5.04. The number of imidazole rings is 4. The number of nitrogen functional groups attached to an aromatic ring is 4. The van der Waals surface area contributed by atoms with Crippen molar-refractivity contribution >= 4 is 98.5 Å². The van der Waals surface area contributed by atoms with Crippen LogP contribution in [0, 0.1) is 0 Å². The molecule has 8 bridgehead atoms.